The van der Waals surface area contributed by atoms with E-state index in [4.69, 9.17) is 14.5 Å². The summed E-state index contributed by atoms with van der Waals surface area (Å²) in [6, 6.07) is 4.62. The maximum atomic E-state index is 5.32. The van der Waals surface area contributed by atoms with Crippen LogP contribution in [0.3, 0.4) is 0 Å². The van der Waals surface area contributed by atoms with Gasteiger partial charge >= 0.3 is 0 Å². The van der Waals surface area contributed by atoms with Crippen molar-refractivity contribution in [1.82, 2.24) is 25.1 Å². The zero-order valence-corrected chi connectivity index (χ0v) is 18.3. The summed E-state index contributed by atoms with van der Waals surface area (Å²) in [5, 5.41) is 8.65. The van der Waals surface area contributed by atoms with Gasteiger partial charge in [-0.3, -0.25) is 0 Å². The molecule has 160 valence electrons. The van der Waals surface area contributed by atoms with Crippen molar-refractivity contribution in [2.75, 3.05) is 5.32 Å². The molecule has 1 fully saturated rings. The molecule has 31 heavy (non-hydrogen) atoms. The molecule has 4 heterocycles. The SMILES string of the molecule is CCCc1cnc(NC2CCCC2)nc1-c1c[nH]c2nc(-c3c(C)noc3C)ccc12. The number of anilines is 1. The minimum Gasteiger partial charge on any atom is -0.361 e. The standard InChI is InChI=1S/C24H28N6O/c1-4-7-16-12-26-24(27-17-8-5-6-9-17)29-22(16)19-13-25-23-18(19)10-11-20(28-23)21-14(2)30-31-15(21)3/h10-13,17H,4-9H2,1-3H3,(H,25,28)(H,26,27,29). The van der Waals surface area contributed by atoms with Gasteiger partial charge in [0.1, 0.15) is 11.4 Å². The first-order valence-corrected chi connectivity index (χ1v) is 11.2. The van der Waals surface area contributed by atoms with E-state index >= 15 is 0 Å². The molecule has 1 aliphatic rings. The van der Waals surface area contributed by atoms with Gasteiger partial charge in [-0.05, 0) is 50.8 Å². The summed E-state index contributed by atoms with van der Waals surface area (Å²) in [4.78, 5) is 17.8. The van der Waals surface area contributed by atoms with Crippen LogP contribution in [0, 0.1) is 13.8 Å². The Hall–Kier alpha value is -3.22. The summed E-state index contributed by atoms with van der Waals surface area (Å²) < 4.78 is 5.32. The Morgan fingerprint density at radius 3 is 2.74 bits per heavy atom. The molecule has 2 N–H and O–H groups in total. The van der Waals surface area contributed by atoms with Crippen LogP contribution in [0.25, 0.3) is 33.5 Å². The Bertz CT molecular complexity index is 1200. The quantitative estimate of drug-likeness (QED) is 0.425. The predicted octanol–water partition coefficient (Wildman–Crippen LogP) is 5.60. The van der Waals surface area contributed by atoms with E-state index in [1.807, 2.05) is 32.3 Å². The number of pyridine rings is 1. The molecule has 4 aromatic heterocycles. The number of rotatable bonds is 6. The second-order valence-corrected chi connectivity index (χ2v) is 8.44. The number of aromatic nitrogens is 5. The smallest absolute Gasteiger partial charge is 0.223 e. The van der Waals surface area contributed by atoms with E-state index < -0.39 is 0 Å². The van der Waals surface area contributed by atoms with Gasteiger partial charge in [0.15, 0.2) is 0 Å². The average molecular weight is 417 g/mol. The largest absolute Gasteiger partial charge is 0.361 e. The molecule has 7 heteroatoms. The molecular formula is C24H28N6O. The molecule has 0 unspecified atom stereocenters. The number of aromatic amines is 1. The number of hydrogen-bond donors (Lipinski definition) is 2. The second kappa shape index (κ2) is 8.13. The van der Waals surface area contributed by atoms with Crippen molar-refractivity contribution in [3.8, 4) is 22.5 Å². The lowest BCUT2D eigenvalue weighted by atomic mass is 10.0. The highest BCUT2D eigenvalue weighted by Crippen LogP contribution is 2.33. The Morgan fingerprint density at radius 2 is 2.00 bits per heavy atom. The van der Waals surface area contributed by atoms with Crippen molar-refractivity contribution in [3.05, 3.63) is 41.5 Å². The molecule has 4 aromatic rings. The number of H-pyrrole nitrogens is 1. The summed E-state index contributed by atoms with van der Waals surface area (Å²) in [5.74, 6) is 1.50. The van der Waals surface area contributed by atoms with Crippen LogP contribution in [0.4, 0.5) is 5.95 Å². The lowest BCUT2D eigenvalue weighted by Crippen LogP contribution is -2.17. The average Bonchev–Trinajstić information content (AvgIpc) is 3.50. The lowest BCUT2D eigenvalue weighted by Gasteiger charge is -2.14. The van der Waals surface area contributed by atoms with Crippen molar-refractivity contribution in [2.45, 2.75) is 65.3 Å². The molecule has 0 saturated heterocycles. The zero-order valence-electron chi connectivity index (χ0n) is 18.3. The molecule has 0 amide bonds. The van der Waals surface area contributed by atoms with Crippen molar-refractivity contribution in [1.29, 1.82) is 0 Å². The van der Waals surface area contributed by atoms with Gasteiger partial charge in [-0.15, -0.1) is 0 Å². The van der Waals surface area contributed by atoms with E-state index in [1.54, 1.807) is 0 Å². The fourth-order valence-electron chi connectivity index (χ4n) is 4.60. The third-order valence-corrected chi connectivity index (χ3v) is 6.16. The minimum atomic E-state index is 0.479. The van der Waals surface area contributed by atoms with E-state index in [-0.39, 0.29) is 0 Å². The van der Waals surface area contributed by atoms with Gasteiger partial charge in [-0.1, -0.05) is 31.3 Å². The molecule has 0 aliphatic heterocycles. The summed E-state index contributed by atoms with van der Waals surface area (Å²) >= 11 is 0. The third kappa shape index (κ3) is 3.69. The highest BCUT2D eigenvalue weighted by molar-refractivity contribution is 5.94. The summed E-state index contributed by atoms with van der Waals surface area (Å²) in [5.41, 5.74) is 6.70. The van der Waals surface area contributed by atoms with Gasteiger partial charge in [-0.25, -0.2) is 15.0 Å². The number of fused-ring (bicyclic) bond motifs is 1. The van der Waals surface area contributed by atoms with Gasteiger partial charge in [-0.2, -0.15) is 0 Å². The van der Waals surface area contributed by atoms with Crippen LogP contribution in [-0.2, 0) is 6.42 Å². The normalized spacial score (nSPS) is 14.5. The third-order valence-electron chi connectivity index (χ3n) is 6.16. The molecule has 0 spiro atoms. The highest BCUT2D eigenvalue weighted by Gasteiger charge is 2.19. The molecule has 7 nitrogen and oxygen atoms in total. The summed E-state index contributed by atoms with van der Waals surface area (Å²) in [6.45, 7) is 6.04. The summed E-state index contributed by atoms with van der Waals surface area (Å²) in [6.07, 6.45) is 10.9. The second-order valence-electron chi connectivity index (χ2n) is 8.44. The minimum absolute atomic E-state index is 0.479. The van der Waals surface area contributed by atoms with Gasteiger partial charge in [0.2, 0.25) is 5.95 Å². The van der Waals surface area contributed by atoms with Gasteiger partial charge in [0, 0.05) is 29.4 Å². The van der Waals surface area contributed by atoms with Crippen LogP contribution < -0.4 is 5.32 Å². The van der Waals surface area contributed by atoms with E-state index in [0.717, 1.165) is 69.4 Å². The number of nitrogens with zero attached hydrogens (tertiary/aromatic N) is 4. The van der Waals surface area contributed by atoms with Crippen molar-refractivity contribution >= 4 is 17.0 Å². The highest BCUT2D eigenvalue weighted by atomic mass is 16.5. The molecule has 0 atom stereocenters. The molecule has 5 rings (SSSR count). The Kier molecular flexibility index (Phi) is 5.18. The fourth-order valence-corrected chi connectivity index (χ4v) is 4.60. The van der Waals surface area contributed by atoms with Crippen molar-refractivity contribution in [3.63, 3.8) is 0 Å². The van der Waals surface area contributed by atoms with E-state index in [2.05, 4.69) is 33.4 Å². The lowest BCUT2D eigenvalue weighted by molar-refractivity contribution is 0.393. The molecule has 0 bridgehead atoms. The van der Waals surface area contributed by atoms with Crippen LogP contribution in [0.2, 0.25) is 0 Å². The molecule has 1 saturated carbocycles. The Morgan fingerprint density at radius 1 is 1.16 bits per heavy atom. The topological polar surface area (TPSA) is 92.5 Å². The number of nitrogens with one attached hydrogen (secondary N) is 2. The van der Waals surface area contributed by atoms with E-state index in [9.17, 15) is 0 Å². The van der Waals surface area contributed by atoms with E-state index in [0.29, 0.717) is 6.04 Å². The summed E-state index contributed by atoms with van der Waals surface area (Å²) in [7, 11) is 0. The Labute approximate surface area is 181 Å². The monoisotopic (exact) mass is 416 g/mol. The van der Waals surface area contributed by atoms with Crippen molar-refractivity contribution < 1.29 is 4.52 Å². The van der Waals surface area contributed by atoms with Crippen LogP contribution in [-0.4, -0.2) is 31.1 Å². The first-order valence-electron chi connectivity index (χ1n) is 11.2. The van der Waals surface area contributed by atoms with E-state index in [1.165, 1.54) is 25.7 Å². The predicted molar refractivity (Wildman–Crippen MR) is 122 cm³/mol. The number of aryl methyl sites for hydroxylation is 3. The van der Waals surface area contributed by atoms with Crippen LogP contribution in [0.15, 0.2) is 29.0 Å². The van der Waals surface area contributed by atoms with Gasteiger partial charge < -0.3 is 14.8 Å². The van der Waals surface area contributed by atoms with Crippen LogP contribution >= 0.6 is 0 Å². The van der Waals surface area contributed by atoms with Crippen LogP contribution in [0.1, 0.15) is 56.0 Å². The molecule has 0 radical (unpaired) electrons. The molecule has 1 aliphatic carbocycles. The Balaban J connectivity index is 1.56. The first-order chi connectivity index (χ1) is 15.1. The zero-order chi connectivity index (χ0) is 21.4. The first kappa shape index (κ1) is 19.7. The van der Waals surface area contributed by atoms with Gasteiger partial charge in [0.05, 0.1) is 22.6 Å². The van der Waals surface area contributed by atoms with Crippen molar-refractivity contribution in [2.24, 2.45) is 0 Å². The number of hydrogen-bond acceptors (Lipinski definition) is 6. The fraction of sp³-hybridized carbons (Fsp3) is 0.417. The van der Waals surface area contributed by atoms with Crippen LogP contribution in [0.5, 0.6) is 0 Å². The maximum Gasteiger partial charge on any atom is 0.223 e. The van der Waals surface area contributed by atoms with Gasteiger partial charge in [0.25, 0.3) is 0 Å². The maximum absolute atomic E-state index is 5.32. The molecule has 0 aromatic carbocycles. The molecular weight excluding hydrogens is 388 g/mol.